The fraction of sp³-hybridized carbons (Fsp3) is 0.512. The average Bonchev–Trinajstić information content (AvgIpc) is 4.08. The van der Waals surface area contributed by atoms with Gasteiger partial charge >= 0.3 is 12.2 Å². The number of anilines is 1. The number of nitrogens with zero attached hydrogens (tertiary/aromatic N) is 4. The summed E-state index contributed by atoms with van der Waals surface area (Å²) in [5.41, 5.74) is 4.31. The molecule has 5 atom stereocenters. The highest BCUT2D eigenvalue weighted by Crippen LogP contribution is 2.34. The molecule has 6 rings (SSSR count). The van der Waals surface area contributed by atoms with Gasteiger partial charge in [-0.1, -0.05) is 57.2 Å². The summed E-state index contributed by atoms with van der Waals surface area (Å²) in [6.45, 7) is 7.43. The van der Waals surface area contributed by atoms with Crippen LogP contribution in [0, 0.1) is 11.8 Å². The molecule has 1 aromatic heterocycles. The Labute approximate surface area is 344 Å². The summed E-state index contributed by atoms with van der Waals surface area (Å²) in [5.74, 6) is -0.312. The predicted molar refractivity (Wildman–Crippen MR) is 220 cm³/mol. The van der Waals surface area contributed by atoms with Gasteiger partial charge in [0.25, 0.3) is 0 Å². The van der Waals surface area contributed by atoms with E-state index < -0.39 is 30.3 Å². The molecule has 3 aliphatic rings. The Morgan fingerprint density at radius 2 is 1.36 bits per heavy atom. The van der Waals surface area contributed by atoms with Crippen molar-refractivity contribution in [3.63, 3.8) is 0 Å². The van der Waals surface area contributed by atoms with Crippen molar-refractivity contribution in [2.45, 2.75) is 89.9 Å². The molecule has 0 saturated carbocycles. The summed E-state index contributed by atoms with van der Waals surface area (Å²) < 4.78 is 9.35. The first-order valence-electron chi connectivity index (χ1n) is 20.5. The third kappa shape index (κ3) is 10.0. The van der Waals surface area contributed by atoms with Gasteiger partial charge in [0, 0.05) is 38.3 Å². The SMILES string of the molecule is COC(=O)NC[C@@H](C)CC(=O)N1CCC[C@H]1C(=O)N1CCC[C@H]1C(=O)Nc1ccc(-c2ccc(-c3cnc(C4CCCN4C(=O)[C@@H](NC(=O)OC)C(C)C)[nH]3)cc2)cc1. The predicted octanol–water partition coefficient (Wildman–Crippen LogP) is 5.09. The van der Waals surface area contributed by atoms with Crippen LogP contribution in [0.25, 0.3) is 22.4 Å². The summed E-state index contributed by atoms with van der Waals surface area (Å²) in [7, 11) is 2.56. The smallest absolute Gasteiger partial charge is 0.407 e. The van der Waals surface area contributed by atoms with Gasteiger partial charge in [-0.05, 0) is 79.2 Å². The highest BCUT2D eigenvalue weighted by atomic mass is 16.5. The maximum atomic E-state index is 13.8. The number of carbonyl (C=O) groups is 6. The Hall–Kier alpha value is -5.93. The zero-order valence-electron chi connectivity index (χ0n) is 34.5. The first kappa shape index (κ1) is 42.7. The van der Waals surface area contributed by atoms with Crippen LogP contribution in [0.2, 0.25) is 0 Å². The Bertz CT molecular complexity index is 1980. The normalized spacial score (nSPS) is 20.0. The van der Waals surface area contributed by atoms with Gasteiger partial charge in [-0.2, -0.15) is 0 Å². The number of imidazole rings is 1. The van der Waals surface area contributed by atoms with E-state index in [1.54, 1.807) is 20.9 Å². The number of rotatable bonds is 13. The van der Waals surface area contributed by atoms with Crippen LogP contribution in [0.3, 0.4) is 0 Å². The molecule has 0 aliphatic carbocycles. The number of methoxy groups -OCH3 is 2. The van der Waals surface area contributed by atoms with Crippen LogP contribution in [-0.4, -0.2) is 119 Å². The van der Waals surface area contributed by atoms with E-state index >= 15 is 0 Å². The number of amides is 6. The van der Waals surface area contributed by atoms with Crippen molar-refractivity contribution in [2.24, 2.45) is 11.8 Å². The standard InChI is InChI=1S/C43H56N8O8/c1-26(2)37(48-43(57)59-5)41(55)50-21-6-9-33(50)38-44-25-32(47-38)30-14-12-28(13-15-30)29-16-18-31(19-17-29)46-39(53)34-10-7-22-51(34)40(54)35-11-8-20-49(35)36(52)23-27(3)24-45-42(56)58-4/h12-19,25-27,33-35,37H,6-11,20-24H2,1-5H3,(H,44,47)(H,45,56)(H,46,53)(H,48,57)/t27-,33?,34-,35-,37-/m0/s1. The molecule has 316 valence electrons. The minimum Gasteiger partial charge on any atom is -0.453 e. The van der Waals surface area contributed by atoms with Crippen LogP contribution >= 0.6 is 0 Å². The van der Waals surface area contributed by atoms with E-state index in [1.165, 1.54) is 14.2 Å². The molecule has 3 saturated heterocycles. The summed E-state index contributed by atoms with van der Waals surface area (Å²) in [6, 6.07) is 13.4. The molecule has 6 amide bonds. The third-order valence-electron chi connectivity index (χ3n) is 11.5. The van der Waals surface area contributed by atoms with Crippen molar-refractivity contribution in [1.29, 1.82) is 0 Å². The van der Waals surface area contributed by atoms with Crippen molar-refractivity contribution in [1.82, 2.24) is 35.3 Å². The lowest BCUT2D eigenvalue weighted by molar-refractivity contribution is -0.146. The van der Waals surface area contributed by atoms with Crippen molar-refractivity contribution in [3.8, 4) is 22.4 Å². The number of carbonyl (C=O) groups excluding carboxylic acids is 6. The van der Waals surface area contributed by atoms with E-state index in [0.717, 1.165) is 35.2 Å². The number of benzene rings is 2. The van der Waals surface area contributed by atoms with Crippen LogP contribution < -0.4 is 16.0 Å². The van der Waals surface area contributed by atoms with E-state index in [-0.39, 0.29) is 54.5 Å². The van der Waals surface area contributed by atoms with E-state index in [9.17, 15) is 28.8 Å². The monoisotopic (exact) mass is 812 g/mol. The Kier molecular flexibility index (Phi) is 13.9. The number of hydrogen-bond donors (Lipinski definition) is 4. The van der Waals surface area contributed by atoms with Gasteiger partial charge in [0.05, 0.1) is 32.2 Å². The van der Waals surface area contributed by atoms with E-state index in [2.05, 4.69) is 30.7 Å². The zero-order valence-corrected chi connectivity index (χ0v) is 34.5. The molecule has 59 heavy (non-hydrogen) atoms. The second-order valence-electron chi connectivity index (χ2n) is 16.0. The maximum absolute atomic E-state index is 13.8. The van der Waals surface area contributed by atoms with Crippen LogP contribution in [0.15, 0.2) is 54.7 Å². The second kappa shape index (κ2) is 19.2. The molecule has 1 unspecified atom stereocenters. The molecule has 0 radical (unpaired) electrons. The van der Waals surface area contributed by atoms with E-state index in [4.69, 9.17) is 4.74 Å². The number of likely N-dealkylation sites (tertiary alicyclic amines) is 3. The summed E-state index contributed by atoms with van der Waals surface area (Å²) in [6.07, 6.45) is 4.85. The molecule has 4 N–H and O–H groups in total. The van der Waals surface area contributed by atoms with Crippen molar-refractivity contribution >= 4 is 41.5 Å². The van der Waals surface area contributed by atoms with Gasteiger partial charge in [-0.3, -0.25) is 19.2 Å². The van der Waals surface area contributed by atoms with Crippen molar-refractivity contribution < 1.29 is 38.2 Å². The molecule has 2 aromatic carbocycles. The molecular formula is C43H56N8O8. The maximum Gasteiger partial charge on any atom is 0.407 e. The number of H-pyrrole nitrogens is 1. The van der Waals surface area contributed by atoms with Gasteiger partial charge < -0.3 is 45.1 Å². The Balaban J connectivity index is 1.03. The first-order valence-corrected chi connectivity index (χ1v) is 20.5. The van der Waals surface area contributed by atoms with Gasteiger partial charge in [0.1, 0.15) is 23.9 Å². The number of hydrogen-bond acceptors (Lipinski definition) is 9. The van der Waals surface area contributed by atoms with Gasteiger partial charge in [-0.25, -0.2) is 14.6 Å². The van der Waals surface area contributed by atoms with E-state index in [1.807, 2.05) is 69.3 Å². The van der Waals surface area contributed by atoms with Crippen LogP contribution in [0.1, 0.15) is 77.6 Å². The lowest BCUT2D eigenvalue weighted by Gasteiger charge is -2.31. The summed E-state index contributed by atoms with van der Waals surface area (Å²) >= 11 is 0. The summed E-state index contributed by atoms with van der Waals surface area (Å²) in [4.78, 5) is 90.6. The molecule has 0 bridgehead atoms. The number of aromatic nitrogens is 2. The van der Waals surface area contributed by atoms with Gasteiger partial charge in [-0.15, -0.1) is 0 Å². The molecule has 3 aliphatic heterocycles. The molecular weight excluding hydrogens is 757 g/mol. The second-order valence-corrected chi connectivity index (χ2v) is 16.0. The fourth-order valence-electron chi connectivity index (χ4n) is 8.29. The Morgan fingerprint density at radius 3 is 2.02 bits per heavy atom. The van der Waals surface area contributed by atoms with Gasteiger partial charge in [0.2, 0.25) is 23.6 Å². The summed E-state index contributed by atoms with van der Waals surface area (Å²) in [5, 5.41) is 8.29. The third-order valence-corrected chi connectivity index (χ3v) is 11.5. The topological polar surface area (TPSA) is 195 Å². The molecule has 3 fully saturated rings. The lowest BCUT2D eigenvalue weighted by Crippen LogP contribution is -2.52. The highest BCUT2D eigenvalue weighted by molar-refractivity contribution is 5.99. The fourth-order valence-corrected chi connectivity index (χ4v) is 8.29. The van der Waals surface area contributed by atoms with Crippen LogP contribution in [0.4, 0.5) is 15.3 Å². The lowest BCUT2D eigenvalue weighted by atomic mass is 10.0. The quantitative estimate of drug-likeness (QED) is 0.182. The highest BCUT2D eigenvalue weighted by Gasteiger charge is 2.42. The minimum absolute atomic E-state index is 0.121. The van der Waals surface area contributed by atoms with Crippen LogP contribution in [-0.2, 0) is 28.7 Å². The number of nitrogens with one attached hydrogen (secondary N) is 4. The molecule has 4 heterocycles. The minimum atomic E-state index is -0.706. The largest absolute Gasteiger partial charge is 0.453 e. The van der Waals surface area contributed by atoms with Gasteiger partial charge in [0.15, 0.2) is 0 Å². The number of aromatic amines is 1. The molecule has 16 heteroatoms. The number of alkyl carbamates (subject to hydrolysis) is 2. The van der Waals surface area contributed by atoms with Crippen molar-refractivity contribution in [3.05, 3.63) is 60.6 Å². The van der Waals surface area contributed by atoms with Crippen molar-refractivity contribution in [2.75, 3.05) is 45.7 Å². The zero-order chi connectivity index (χ0) is 42.2. The van der Waals surface area contributed by atoms with E-state index in [0.29, 0.717) is 56.8 Å². The first-order chi connectivity index (χ1) is 28.4. The molecule has 3 aromatic rings. The number of ether oxygens (including phenoxy) is 2. The Morgan fingerprint density at radius 1 is 0.763 bits per heavy atom. The molecule has 16 nitrogen and oxygen atoms in total. The average molecular weight is 813 g/mol. The molecule has 0 spiro atoms. The van der Waals surface area contributed by atoms with Crippen LogP contribution in [0.5, 0.6) is 0 Å².